The maximum absolute atomic E-state index is 11.7. The lowest BCUT2D eigenvalue weighted by atomic mass is 10.1. The van der Waals surface area contributed by atoms with E-state index in [1.807, 2.05) is 0 Å². The number of diazo groups is 1. The first-order valence-corrected chi connectivity index (χ1v) is 4.64. The minimum Gasteiger partial charge on any atom is -0.322 e. The van der Waals surface area contributed by atoms with E-state index in [1.165, 1.54) is 12.1 Å². The van der Waals surface area contributed by atoms with Crippen molar-refractivity contribution >= 4 is 17.8 Å². The summed E-state index contributed by atoms with van der Waals surface area (Å²) in [5, 5.41) is 8.51. The molecule has 0 fully saturated rings. The van der Waals surface area contributed by atoms with Gasteiger partial charge in [-0.2, -0.15) is 0 Å². The van der Waals surface area contributed by atoms with Crippen LogP contribution in [-0.4, -0.2) is 29.4 Å². The molecule has 0 N–H and O–H groups in total. The van der Waals surface area contributed by atoms with E-state index in [0.717, 1.165) is 0 Å². The fourth-order valence-electron chi connectivity index (χ4n) is 1.44. The molecule has 1 aliphatic heterocycles. The second-order valence-corrected chi connectivity index (χ2v) is 3.21. The van der Waals surface area contributed by atoms with Crippen molar-refractivity contribution in [3.05, 3.63) is 40.4 Å². The van der Waals surface area contributed by atoms with Gasteiger partial charge in [0.2, 0.25) is 5.39 Å². The van der Waals surface area contributed by atoms with E-state index in [1.54, 1.807) is 12.1 Å². The molecule has 0 aliphatic carbocycles. The number of imide groups is 1. The fraction of sp³-hybridized carbons (Fsp3) is 0.100. The van der Waals surface area contributed by atoms with Gasteiger partial charge in [-0.1, -0.05) is 17.2 Å². The van der Waals surface area contributed by atoms with Crippen molar-refractivity contribution in [1.82, 2.24) is 5.06 Å². The number of carbonyl (C=O) groups excluding carboxylic acids is 3. The van der Waals surface area contributed by atoms with Crippen LogP contribution in [0, 0.1) is 5.39 Å². The van der Waals surface area contributed by atoms with Gasteiger partial charge in [0.15, 0.2) is 0 Å². The van der Waals surface area contributed by atoms with Crippen LogP contribution >= 0.6 is 0 Å². The molecule has 0 aromatic heterocycles. The fourth-order valence-corrected chi connectivity index (χ4v) is 1.44. The van der Waals surface area contributed by atoms with Crippen molar-refractivity contribution < 1.29 is 19.2 Å². The smallest absolute Gasteiger partial charge is 0.322 e. The maximum atomic E-state index is 11.7. The van der Waals surface area contributed by atoms with Gasteiger partial charge in [0, 0.05) is 0 Å². The molecule has 17 heavy (non-hydrogen) atoms. The van der Waals surface area contributed by atoms with E-state index in [9.17, 15) is 14.4 Å². The molecule has 1 heterocycles. The minimum atomic E-state index is -0.998. The number of nitrogens with zero attached hydrogens (tertiary/aromatic N) is 3. The van der Waals surface area contributed by atoms with Crippen LogP contribution in [-0.2, 0) is 9.63 Å². The van der Waals surface area contributed by atoms with Crippen molar-refractivity contribution in [3.63, 3.8) is 0 Å². The topological polar surface area (TPSA) is 91.8 Å². The zero-order chi connectivity index (χ0) is 12.4. The molecule has 0 atom stereocenters. The predicted molar refractivity (Wildman–Crippen MR) is 53.0 cm³/mol. The van der Waals surface area contributed by atoms with Crippen LogP contribution in [0.4, 0.5) is 0 Å². The standard InChI is InChI=1S/C10H6N3O4/c11-12-5-8(14)17-13-9(15)6-3-1-2-4-7(6)10(13)16/h1-4H,5H2/q+1. The zero-order valence-electron chi connectivity index (χ0n) is 8.49. The lowest BCUT2D eigenvalue weighted by Crippen LogP contribution is -2.33. The average Bonchev–Trinajstić information content (AvgIpc) is 2.56. The third-order valence-electron chi connectivity index (χ3n) is 2.15. The summed E-state index contributed by atoms with van der Waals surface area (Å²) in [5.74, 6) is -2.42. The summed E-state index contributed by atoms with van der Waals surface area (Å²) < 4.78 is 0. The Labute approximate surface area is 95.2 Å². The molecule has 0 unspecified atom stereocenters. The summed E-state index contributed by atoms with van der Waals surface area (Å²) in [4.78, 5) is 41.4. The molecule has 1 aliphatic rings. The number of hydrogen-bond donors (Lipinski definition) is 0. The van der Waals surface area contributed by atoms with E-state index in [0.29, 0.717) is 5.06 Å². The molecule has 1 aromatic rings. The first kappa shape index (κ1) is 10.8. The molecule has 2 amide bonds. The van der Waals surface area contributed by atoms with Crippen LogP contribution in [0.5, 0.6) is 0 Å². The molecular formula is C10H6N3O4+. The Balaban J connectivity index is 2.25. The third kappa shape index (κ3) is 1.72. The van der Waals surface area contributed by atoms with E-state index >= 15 is 0 Å². The Morgan fingerprint density at radius 2 is 1.76 bits per heavy atom. The molecule has 0 saturated carbocycles. The number of carbonyl (C=O) groups is 3. The molecule has 2 rings (SSSR count). The normalized spacial score (nSPS) is 13.2. The summed E-state index contributed by atoms with van der Waals surface area (Å²) >= 11 is 0. The van der Waals surface area contributed by atoms with E-state index in [4.69, 9.17) is 5.39 Å². The lowest BCUT2D eigenvalue weighted by Gasteiger charge is -2.09. The molecule has 0 bridgehead atoms. The highest BCUT2D eigenvalue weighted by molar-refractivity contribution is 6.20. The molecule has 7 nitrogen and oxygen atoms in total. The van der Waals surface area contributed by atoms with Crippen LogP contribution < -0.4 is 0 Å². The third-order valence-corrected chi connectivity index (χ3v) is 2.15. The molecule has 1 aromatic carbocycles. The van der Waals surface area contributed by atoms with Crippen LogP contribution in [0.1, 0.15) is 20.7 Å². The van der Waals surface area contributed by atoms with Crippen LogP contribution in [0.3, 0.4) is 0 Å². The van der Waals surface area contributed by atoms with E-state index in [2.05, 4.69) is 9.81 Å². The summed E-state index contributed by atoms with van der Waals surface area (Å²) in [6.45, 7) is -0.645. The van der Waals surface area contributed by atoms with Crippen molar-refractivity contribution in [2.24, 2.45) is 0 Å². The van der Waals surface area contributed by atoms with Gasteiger partial charge < -0.3 is 4.84 Å². The Morgan fingerprint density at radius 1 is 1.24 bits per heavy atom. The van der Waals surface area contributed by atoms with Gasteiger partial charge in [0.1, 0.15) is 4.98 Å². The van der Waals surface area contributed by atoms with E-state index in [-0.39, 0.29) is 11.1 Å². The highest BCUT2D eigenvalue weighted by atomic mass is 16.7. The summed E-state index contributed by atoms with van der Waals surface area (Å²) in [6, 6.07) is 6.11. The van der Waals surface area contributed by atoms with Crippen LogP contribution in [0.25, 0.3) is 4.98 Å². The Bertz CT molecular complexity index is 526. The van der Waals surface area contributed by atoms with Gasteiger partial charge >= 0.3 is 12.5 Å². The molecule has 0 spiro atoms. The summed E-state index contributed by atoms with van der Waals surface area (Å²) in [5.41, 5.74) is 0.345. The quantitative estimate of drug-likeness (QED) is 0.549. The number of hydroxylamine groups is 2. The largest absolute Gasteiger partial charge is 0.421 e. The predicted octanol–water partition coefficient (Wildman–Crippen LogP) is 0.594. The van der Waals surface area contributed by atoms with Crippen molar-refractivity contribution in [1.29, 1.82) is 5.39 Å². The first-order chi connectivity index (χ1) is 8.15. The molecular weight excluding hydrogens is 226 g/mol. The summed E-state index contributed by atoms with van der Waals surface area (Å²) in [7, 11) is 0. The Kier molecular flexibility index (Phi) is 2.54. The van der Waals surface area contributed by atoms with E-state index < -0.39 is 24.3 Å². The first-order valence-electron chi connectivity index (χ1n) is 4.64. The highest BCUT2D eigenvalue weighted by Gasteiger charge is 2.39. The monoisotopic (exact) mass is 232 g/mol. The number of rotatable bonds is 2. The number of fused-ring (bicyclic) bond motifs is 1. The number of hydrogen-bond acceptors (Lipinski definition) is 5. The lowest BCUT2D eigenvalue weighted by molar-refractivity contribution is -0.165. The summed E-state index contributed by atoms with van der Waals surface area (Å²) in [6.07, 6.45) is 0. The Morgan fingerprint density at radius 3 is 2.24 bits per heavy atom. The zero-order valence-corrected chi connectivity index (χ0v) is 8.49. The number of amides is 2. The Hall–Kier alpha value is -2.75. The van der Waals surface area contributed by atoms with Crippen LogP contribution in [0.15, 0.2) is 24.3 Å². The SMILES string of the molecule is N#[N+]CC(=O)ON1C(=O)c2ccccc2C1=O. The minimum absolute atomic E-state index is 0.172. The van der Waals surface area contributed by atoms with Crippen molar-refractivity contribution in [3.8, 4) is 0 Å². The average molecular weight is 232 g/mol. The number of benzene rings is 1. The van der Waals surface area contributed by atoms with Gasteiger partial charge in [-0.15, -0.1) is 0 Å². The van der Waals surface area contributed by atoms with Crippen LogP contribution in [0.2, 0.25) is 0 Å². The van der Waals surface area contributed by atoms with Gasteiger partial charge in [-0.05, 0) is 12.1 Å². The van der Waals surface area contributed by atoms with Gasteiger partial charge in [-0.3, -0.25) is 9.59 Å². The second kappa shape index (κ2) is 4.02. The molecule has 7 heteroatoms. The van der Waals surface area contributed by atoms with Gasteiger partial charge in [0.05, 0.1) is 11.1 Å². The molecule has 0 radical (unpaired) electrons. The highest BCUT2D eigenvalue weighted by Crippen LogP contribution is 2.22. The van der Waals surface area contributed by atoms with Crippen molar-refractivity contribution in [2.75, 3.05) is 6.54 Å². The molecule has 0 saturated heterocycles. The van der Waals surface area contributed by atoms with Crippen molar-refractivity contribution in [2.45, 2.75) is 0 Å². The second-order valence-electron chi connectivity index (χ2n) is 3.21. The van der Waals surface area contributed by atoms with Gasteiger partial charge in [0.25, 0.3) is 11.8 Å². The maximum Gasteiger partial charge on any atom is 0.421 e. The molecule has 84 valence electrons. The van der Waals surface area contributed by atoms with Gasteiger partial charge in [-0.25, -0.2) is 4.79 Å².